The van der Waals surface area contributed by atoms with E-state index in [9.17, 15) is 0 Å². The van der Waals surface area contributed by atoms with Gasteiger partial charge in [-0.05, 0) is 12.3 Å². The van der Waals surface area contributed by atoms with Crippen molar-refractivity contribution in [2.45, 2.75) is 33.7 Å². The minimum Gasteiger partial charge on any atom is -0.376 e. The Morgan fingerprint density at radius 1 is 1.47 bits per heavy atom. The largest absolute Gasteiger partial charge is 0.376 e. The Labute approximate surface area is 94.1 Å². The van der Waals surface area contributed by atoms with Crippen LogP contribution in [0.3, 0.4) is 0 Å². The summed E-state index contributed by atoms with van der Waals surface area (Å²) in [7, 11) is 0. The molecule has 0 aliphatic heterocycles. The second-order valence-corrected chi connectivity index (χ2v) is 5.12. The van der Waals surface area contributed by atoms with Gasteiger partial charge in [-0.25, -0.2) is 0 Å². The highest BCUT2D eigenvalue weighted by atomic mass is 16.5. The number of nitrogens with two attached hydrogens (primary N) is 1. The zero-order valence-corrected chi connectivity index (χ0v) is 10.6. The lowest BCUT2D eigenvalue weighted by Crippen LogP contribution is -2.46. The van der Waals surface area contributed by atoms with E-state index in [0.717, 1.165) is 12.1 Å². The molecule has 15 heavy (non-hydrogen) atoms. The molecule has 0 bridgehead atoms. The molecule has 0 saturated carbocycles. The summed E-state index contributed by atoms with van der Waals surface area (Å²) in [6.07, 6.45) is 0. The summed E-state index contributed by atoms with van der Waals surface area (Å²) >= 11 is 0. The number of rotatable bonds is 7. The Kier molecular flexibility index (Phi) is 6.81. The van der Waals surface area contributed by atoms with Crippen molar-refractivity contribution < 1.29 is 4.74 Å². The lowest BCUT2D eigenvalue weighted by atomic mass is 9.87. The van der Waals surface area contributed by atoms with Crippen LogP contribution in [0.2, 0.25) is 0 Å². The fourth-order valence-electron chi connectivity index (χ4n) is 1.29. The van der Waals surface area contributed by atoms with E-state index in [1.807, 2.05) is 6.92 Å². The van der Waals surface area contributed by atoms with Crippen LogP contribution < -0.4 is 11.1 Å². The predicted molar refractivity (Wildman–Crippen MR) is 65.9 cm³/mol. The summed E-state index contributed by atoms with van der Waals surface area (Å²) in [5.74, 6) is 0. The highest BCUT2D eigenvalue weighted by molar-refractivity contribution is 4.87. The third-order valence-electron chi connectivity index (χ3n) is 2.27. The Morgan fingerprint density at radius 2 is 2.07 bits per heavy atom. The third kappa shape index (κ3) is 7.54. The van der Waals surface area contributed by atoms with Crippen molar-refractivity contribution in [1.29, 1.82) is 0 Å². The molecule has 3 heteroatoms. The minimum absolute atomic E-state index is 0.198. The summed E-state index contributed by atoms with van der Waals surface area (Å²) in [6.45, 7) is 15.1. The molecule has 0 rings (SSSR count). The molecule has 1 unspecified atom stereocenters. The molecule has 0 aliphatic rings. The zero-order chi connectivity index (χ0) is 11.9. The summed E-state index contributed by atoms with van der Waals surface area (Å²) < 4.78 is 5.40. The van der Waals surface area contributed by atoms with Gasteiger partial charge in [-0.15, -0.1) is 0 Å². The highest BCUT2D eigenvalue weighted by Crippen LogP contribution is 2.17. The molecule has 0 radical (unpaired) electrons. The number of hydrogen-bond acceptors (Lipinski definition) is 3. The summed E-state index contributed by atoms with van der Waals surface area (Å²) in [4.78, 5) is 0. The van der Waals surface area contributed by atoms with Gasteiger partial charge in [0.1, 0.15) is 0 Å². The Balaban J connectivity index is 3.60. The van der Waals surface area contributed by atoms with Crippen LogP contribution in [0.1, 0.15) is 27.7 Å². The van der Waals surface area contributed by atoms with Crippen LogP contribution in [-0.2, 0) is 4.74 Å². The molecule has 3 N–H and O–H groups in total. The molecule has 90 valence electrons. The molecule has 0 heterocycles. The fraction of sp³-hybridized carbons (Fsp3) is 0.833. The second kappa shape index (κ2) is 6.99. The molecule has 0 amide bonds. The molecule has 0 spiro atoms. The summed E-state index contributed by atoms with van der Waals surface area (Å²) in [6, 6.07) is 0.339. The fourth-order valence-corrected chi connectivity index (χ4v) is 1.29. The van der Waals surface area contributed by atoms with Gasteiger partial charge in [-0.1, -0.05) is 32.9 Å². The van der Waals surface area contributed by atoms with E-state index in [1.165, 1.54) is 0 Å². The summed E-state index contributed by atoms with van der Waals surface area (Å²) in [5.41, 5.74) is 6.96. The standard InChI is InChI=1S/C12H26N2O/c1-10(2)9-15-7-6-14-11(8-13)12(3,4)5/h11,14H,1,6-9,13H2,2-5H3. The number of ether oxygens (including phenoxy) is 1. The molecule has 0 aromatic rings. The average molecular weight is 214 g/mol. The molecule has 1 atom stereocenters. The zero-order valence-electron chi connectivity index (χ0n) is 10.6. The molecular weight excluding hydrogens is 188 g/mol. The molecule has 0 aromatic heterocycles. The van der Waals surface area contributed by atoms with Crippen LogP contribution >= 0.6 is 0 Å². The molecule has 0 fully saturated rings. The Hall–Kier alpha value is -0.380. The van der Waals surface area contributed by atoms with Crippen LogP contribution in [-0.4, -0.2) is 32.3 Å². The van der Waals surface area contributed by atoms with Crippen LogP contribution in [0.4, 0.5) is 0 Å². The lowest BCUT2D eigenvalue weighted by Gasteiger charge is -2.30. The summed E-state index contributed by atoms with van der Waals surface area (Å²) in [5, 5.41) is 3.40. The van der Waals surface area contributed by atoms with Gasteiger partial charge >= 0.3 is 0 Å². The van der Waals surface area contributed by atoms with Crippen LogP contribution in [0.15, 0.2) is 12.2 Å². The first-order chi connectivity index (χ1) is 6.88. The SMILES string of the molecule is C=C(C)COCCNC(CN)C(C)(C)C. The van der Waals surface area contributed by atoms with Gasteiger partial charge in [-0.2, -0.15) is 0 Å². The molecule has 0 saturated heterocycles. The van der Waals surface area contributed by atoms with Crippen molar-refractivity contribution in [1.82, 2.24) is 5.32 Å². The smallest absolute Gasteiger partial charge is 0.0672 e. The molecule has 3 nitrogen and oxygen atoms in total. The van der Waals surface area contributed by atoms with Gasteiger partial charge in [-0.3, -0.25) is 0 Å². The average Bonchev–Trinajstić information content (AvgIpc) is 2.08. The van der Waals surface area contributed by atoms with Crippen molar-refractivity contribution in [3.8, 4) is 0 Å². The molecule has 0 aliphatic carbocycles. The van der Waals surface area contributed by atoms with Gasteiger partial charge in [0.05, 0.1) is 13.2 Å². The second-order valence-electron chi connectivity index (χ2n) is 5.12. The van der Waals surface area contributed by atoms with Gasteiger partial charge in [0, 0.05) is 19.1 Å². The van der Waals surface area contributed by atoms with Crippen molar-refractivity contribution in [2.75, 3.05) is 26.3 Å². The third-order valence-corrected chi connectivity index (χ3v) is 2.27. The first-order valence-electron chi connectivity index (χ1n) is 5.53. The van der Waals surface area contributed by atoms with Crippen LogP contribution in [0, 0.1) is 5.41 Å². The highest BCUT2D eigenvalue weighted by Gasteiger charge is 2.21. The van der Waals surface area contributed by atoms with E-state index >= 15 is 0 Å². The number of hydrogen-bond donors (Lipinski definition) is 2. The first-order valence-corrected chi connectivity index (χ1v) is 5.53. The Morgan fingerprint density at radius 3 is 2.47 bits per heavy atom. The first kappa shape index (κ1) is 14.6. The monoisotopic (exact) mass is 214 g/mol. The quantitative estimate of drug-likeness (QED) is 0.499. The van der Waals surface area contributed by atoms with E-state index < -0.39 is 0 Å². The van der Waals surface area contributed by atoms with Crippen LogP contribution in [0.5, 0.6) is 0 Å². The van der Waals surface area contributed by atoms with Crippen molar-refractivity contribution in [3.05, 3.63) is 12.2 Å². The van der Waals surface area contributed by atoms with Crippen molar-refractivity contribution >= 4 is 0 Å². The van der Waals surface area contributed by atoms with Crippen molar-refractivity contribution in [3.63, 3.8) is 0 Å². The van der Waals surface area contributed by atoms with E-state index in [2.05, 4.69) is 32.7 Å². The Bertz CT molecular complexity index is 185. The van der Waals surface area contributed by atoms with E-state index in [-0.39, 0.29) is 5.41 Å². The normalized spacial score (nSPS) is 13.9. The molecule has 0 aromatic carbocycles. The van der Waals surface area contributed by atoms with Gasteiger partial charge in [0.25, 0.3) is 0 Å². The maximum absolute atomic E-state index is 5.70. The topological polar surface area (TPSA) is 47.3 Å². The van der Waals surface area contributed by atoms with E-state index in [4.69, 9.17) is 10.5 Å². The predicted octanol–water partition coefficient (Wildman–Crippen LogP) is 1.54. The van der Waals surface area contributed by atoms with Crippen molar-refractivity contribution in [2.24, 2.45) is 11.1 Å². The van der Waals surface area contributed by atoms with Gasteiger partial charge in [0.15, 0.2) is 0 Å². The van der Waals surface area contributed by atoms with E-state index in [0.29, 0.717) is 25.8 Å². The maximum Gasteiger partial charge on any atom is 0.0672 e. The van der Waals surface area contributed by atoms with Crippen LogP contribution in [0.25, 0.3) is 0 Å². The van der Waals surface area contributed by atoms with E-state index in [1.54, 1.807) is 0 Å². The molecular formula is C12H26N2O. The lowest BCUT2D eigenvalue weighted by molar-refractivity contribution is 0.148. The number of nitrogens with one attached hydrogen (secondary N) is 1. The minimum atomic E-state index is 0.198. The maximum atomic E-state index is 5.70. The van der Waals surface area contributed by atoms with Gasteiger partial charge < -0.3 is 15.8 Å². The van der Waals surface area contributed by atoms with Gasteiger partial charge in [0.2, 0.25) is 0 Å².